The molecule has 0 unspecified atom stereocenters. The van der Waals surface area contributed by atoms with Gasteiger partial charge in [0.1, 0.15) is 5.75 Å². The van der Waals surface area contributed by atoms with Crippen molar-refractivity contribution in [3.05, 3.63) is 52.0 Å². The molecule has 102 valence electrons. The van der Waals surface area contributed by atoms with E-state index in [0.29, 0.717) is 17.8 Å². The van der Waals surface area contributed by atoms with Crippen molar-refractivity contribution in [2.45, 2.75) is 6.54 Å². The van der Waals surface area contributed by atoms with Gasteiger partial charge in [0.15, 0.2) is 0 Å². The molecular weight excluding hydrogens is 318 g/mol. The van der Waals surface area contributed by atoms with Crippen molar-refractivity contribution < 1.29 is 4.74 Å². The van der Waals surface area contributed by atoms with E-state index >= 15 is 0 Å². The summed E-state index contributed by atoms with van der Waals surface area (Å²) in [4.78, 5) is 0. The number of hydrogen-bond donors (Lipinski definition) is 2. The lowest BCUT2D eigenvalue weighted by Gasteiger charge is -2.11. The summed E-state index contributed by atoms with van der Waals surface area (Å²) < 4.78 is 6.09. The smallest absolute Gasteiger partial charge is 0.133 e. The minimum absolute atomic E-state index is 0.581. The van der Waals surface area contributed by atoms with Crippen LogP contribution in [0.5, 0.6) is 5.75 Å². The molecule has 0 atom stereocenters. The maximum atomic E-state index is 8.89. The van der Waals surface area contributed by atoms with Crippen LogP contribution in [0.2, 0.25) is 0 Å². The molecule has 0 amide bonds. The standard InChI is InChI=1S/C15H14BrN3O/c1-20-15-5-3-11(6-12(15)16)9-19-14-7-10(8-17)2-4-13(14)18/h2-7,19H,9,18H2,1H3. The summed E-state index contributed by atoms with van der Waals surface area (Å²) in [5.74, 6) is 0.791. The van der Waals surface area contributed by atoms with Crippen molar-refractivity contribution in [1.82, 2.24) is 0 Å². The second-order valence-electron chi connectivity index (χ2n) is 4.24. The molecular formula is C15H14BrN3O. The highest BCUT2D eigenvalue weighted by Gasteiger charge is 2.04. The molecule has 0 aliphatic rings. The predicted octanol–water partition coefficient (Wildman–Crippen LogP) is 3.52. The number of ether oxygens (including phenoxy) is 1. The number of nitriles is 1. The number of hydrogen-bond acceptors (Lipinski definition) is 4. The summed E-state index contributed by atoms with van der Waals surface area (Å²) in [6.45, 7) is 0.613. The molecule has 4 nitrogen and oxygen atoms in total. The Labute approximate surface area is 126 Å². The molecule has 0 saturated carbocycles. The first-order valence-corrected chi connectivity index (χ1v) is 6.79. The molecule has 0 aliphatic heterocycles. The number of benzene rings is 2. The molecule has 0 radical (unpaired) electrons. The number of nitrogens with one attached hydrogen (secondary N) is 1. The van der Waals surface area contributed by atoms with Crippen LogP contribution in [0.1, 0.15) is 11.1 Å². The molecule has 0 spiro atoms. The lowest BCUT2D eigenvalue weighted by atomic mass is 10.1. The Morgan fingerprint density at radius 3 is 2.75 bits per heavy atom. The zero-order valence-electron chi connectivity index (χ0n) is 11.0. The normalized spacial score (nSPS) is 9.85. The maximum absolute atomic E-state index is 8.89. The number of methoxy groups -OCH3 is 1. The van der Waals surface area contributed by atoms with Crippen LogP contribution < -0.4 is 15.8 Å². The van der Waals surface area contributed by atoms with E-state index in [9.17, 15) is 0 Å². The van der Waals surface area contributed by atoms with E-state index in [0.717, 1.165) is 21.5 Å². The molecule has 0 heterocycles. The van der Waals surface area contributed by atoms with Crippen LogP contribution in [0.4, 0.5) is 11.4 Å². The summed E-state index contributed by atoms with van der Waals surface area (Å²) in [5, 5.41) is 12.1. The largest absolute Gasteiger partial charge is 0.496 e. The van der Waals surface area contributed by atoms with Crippen molar-refractivity contribution in [3.8, 4) is 11.8 Å². The van der Waals surface area contributed by atoms with Crippen molar-refractivity contribution in [3.63, 3.8) is 0 Å². The molecule has 2 aromatic rings. The second kappa shape index (κ2) is 6.31. The Hall–Kier alpha value is -2.19. The van der Waals surface area contributed by atoms with Gasteiger partial charge in [-0.3, -0.25) is 0 Å². The van der Waals surface area contributed by atoms with Gasteiger partial charge in [-0.15, -0.1) is 0 Å². The van der Waals surface area contributed by atoms with Gasteiger partial charge in [0.05, 0.1) is 34.6 Å². The first kappa shape index (κ1) is 14.2. The highest BCUT2D eigenvalue weighted by molar-refractivity contribution is 9.10. The van der Waals surface area contributed by atoms with E-state index < -0.39 is 0 Å². The van der Waals surface area contributed by atoms with E-state index in [4.69, 9.17) is 15.7 Å². The number of rotatable bonds is 4. The summed E-state index contributed by atoms with van der Waals surface area (Å²) in [7, 11) is 1.63. The van der Waals surface area contributed by atoms with Gasteiger partial charge >= 0.3 is 0 Å². The number of halogens is 1. The van der Waals surface area contributed by atoms with Crippen LogP contribution in [0.15, 0.2) is 40.9 Å². The predicted molar refractivity (Wildman–Crippen MR) is 83.6 cm³/mol. The van der Waals surface area contributed by atoms with E-state index in [-0.39, 0.29) is 0 Å². The van der Waals surface area contributed by atoms with Crippen LogP contribution in [0, 0.1) is 11.3 Å². The van der Waals surface area contributed by atoms with Gasteiger partial charge in [-0.05, 0) is 51.8 Å². The van der Waals surface area contributed by atoms with E-state index in [2.05, 4.69) is 27.3 Å². The van der Waals surface area contributed by atoms with Crippen molar-refractivity contribution in [1.29, 1.82) is 5.26 Å². The Balaban J connectivity index is 2.13. The Bertz CT molecular complexity index is 665. The van der Waals surface area contributed by atoms with Crippen molar-refractivity contribution >= 4 is 27.3 Å². The molecule has 0 saturated heterocycles. The summed E-state index contributed by atoms with van der Waals surface area (Å²) in [5.41, 5.74) is 8.93. The average molecular weight is 332 g/mol. The number of nitrogens with two attached hydrogens (primary N) is 1. The summed E-state index contributed by atoms with van der Waals surface area (Å²) in [6, 6.07) is 13.1. The molecule has 5 heteroatoms. The number of anilines is 2. The van der Waals surface area contributed by atoms with Gasteiger partial charge in [0.25, 0.3) is 0 Å². The van der Waals surface area contributed by atoms with Crippen LogP contribution in [0.3, 0.4) is 0 Å². The van der Waals surface area contributed by atoms with Crippen LogP contribution in [0.25, 0.3) is 0 Å². The fourth-order valence-corrected chi connectivity index (χ4v) is 2.38. The molecule has 0 fully saturated rings. The molecule has 20 heavy (non-hydrogen) atoms. The molecule has 0 bridgehead atoms. The third-order valence-corrected chi connectivity index (χ3v) is 3.50. The second-order valence-corrected chi connectivity index (χ2v) is 5.09. The van der Waals surface area contributed by atoms with Gasteiger partial charge < -0.3 is 15.8 Å². The highest BCUT2D eigenvalue weighted by atomic mass is 79.9. The quantitative estimate of drug-likeness (QED) is 0.841. The van der Waals surface area contributed by atoms with E-state index in [1.807, 2.05) is 18.2 Å². The lowest BCUT2D eigenvalue weighted by Crippen LogP contribution is -2.03. The van der Waals surface area contributed by atoms with Crippen LogP contribution >= 0.6 is 15.9 Å². The Morgan fingerprint density at radius 2 is 2.10 bits per heavy atom. The fraction of sp³-hybridized carbons (Fsp3) is 0.133. The fourth-order valence-electron chi connectivity index (χ4n) is 1.80. The molecule has 3 N–H and O–H groups in total. The molecule has 2 rings (SSSR count). The Morgan fingerprint density at radius 1 is 1.30 bits per heavy atom. The third kappa shape index (κ3) is 3.22. The highest BCUT2D eigenvalue weighted by Crippen LogP contribution is 2.26. The maximum Gasteiger partial charge on any atom is 0.133 e. The van der Waals surface area contributed by atoms with Gasteiger partial charge in [-0.25, -0.2) is 0 Å². The number of nitrogens with zero attached hydrogens (tertiary/aromatic N) is 1. The SMILES string of the molecule is COc1ccc(CNc2cc(C#N)ccc2N)cc1Br. The molecule has 2 aromatic carbocycles. The monoisotopic (exact) mass is 331 g/mol. The summed E-state index contributed by atoms with van der Waals surface area (Å²) >= 11 is 3.45. The van der Waals surface area contributed by atoms with E-state index in [1.165, 1.54) is 0 Å². The zero-order valence-corrected chi connectivity index (χ0v) is 12.6. The van der Waals surface area contributed by atoms with E-state index in [1.54, 1.807) is 25.3 Å². The first-order chi connectivity index (χ1) is 9.63. The average Bonchev–Trinajstić information content (AvgIpc) is 2.46. The van der Waals surface area contributed by atoms with Gasteiger partial charge in [0, 0.05) is 6.54 Å². The van der Waals surface area contributed by atoms with Crippen molar-refractivity contribution in [2.75, 3.05) is 18.2 Å². The minimum Gasteiger partial charge on any atom is -0.496 e. The minimum atomic E-state index is 0.581. The zero-order chi connectivity index (χ0) is 14.5. The van der Waals surface area contributed by atoms with Gasteiger partial charge in [-0.2, -0.15) is 5.26 Å². The van der Waals surface area contributed by atoms with Crippen molar-refractivity contribution in [2.24, 2.45) is 0 Å². The Kier molecular flexibility index (Phi) is 4.49. The topological polar surface area (TPSA) is 71.1 Å². The van der Waals surface area contributed by atoms with Crippen LogP contribution in [-0.4, -0.2) is 7.11 Å². The summed E-state index contributed by atoms with van der Waals surface area (Å²) in [6.07, 6.45) is 0. The van der Waals surface area contributed by atoms with Crippen LogP contribution in [-0.2, 0) is 6.54 Å². The lowest BCUT2D eigenvalue weighted by molar-refractivity contribution is 0.412. The number of nitrogen functional groups attached to an aromatic ring is 1. The molecule has 0 aliphatic carbocycles. The molecule has 0 aromatic heterocycles. The first-order valence-electron chi connectivity index (χ1n) is 6.00. The van der Waals surface area contributed by atoms with Gasteiger partial charge in [0.2, 0.25) is 0 Å². The third-order valence-electron chi connectivity index (χ3n) is 2.88. The van der Waals surface area contributed by atoms with Gasteiger partial charge in [-0.1, -0.05) is 6.07 Å².